The molecule has 0 saturated carbocycles. The van der Waals surface area contributed by atoms with Gasteiger partial charge in [-0.05, 0) is 60.6 Å². The lowest BCUT2D eigenvalue weighted by atomic mass is 9.99. The van der Waals surface area contributed by atoms with Gasteiger partial charge in [0.05, 0.1) is 13.7 Å². The molecule has 0 aliphatic carbocycles. The minimum atomic E-state index is -0.506. The number of carbonyl (C=O) groups is 1. The van der Waals surface area contributed by atoms with Gasteiger partial charge < -0.3 is 14.2 Å². The maximum absolute atomic E-state index is 10.7. The van der Waals surface area contributed by atoms with E-state index in [1.165, 1.54) is 12.5 Å². The molecule has 2 rings (SSSR count). The summed E-state index contributed by atoms with van der Waals surface area (Å²) in [5.74, 6) is 1.93. The summed E-state index contributed by atoms with van der Waals surface area (Å²) in [6.45, 7) is 2.35. The van der Waals surface area contributed by atoms with Crippen molar-refractivity contribution in [1.29, 1.82) is 0 Å². The first kappa shape index (κ1) is 16.8. The van der Waals surface area contributed by atoms with Crippen LogP contribution in [-0.2, 0) is 9.53 Å². The van der Waals surface area contributed by atoms with E-state index in [-0.39, 0.29) is 0 Å². The number of carbonyl (C=O) groups excluding carboxylic acids is 1. The average Bonchev–Trinajstić information content (AvgIpc) is 2.54. The lowest BCUT2D eigenvalue weighted by Gasteiger charge is -2.22. The molecule has 1 atom stereocenters. The van der Waals surface area contributed by atoms with Crippen molar-refractivity contribution >= 4 is 22.9 Å². The van der Waals surface area contributed by atoms with Gasteiger partial charge in [0.2, 0.25) is 5.24 Å². The summed E-state index contributed by atoms with van der Waals surface area (Å²) in [7, 11) is 1.59. The van der Waals surface area contributed by atoms with Gasteiger partial charge in [-0.3, -0.25) is 4.79 Å². The SMILES string of the molecule is COc1cc(/C=C/C(=O)Cl)ccc1OCCC1CCCOC1. The van der Waals surface area contributed by atoms with Crippen LogP contribution < -0.4 is 9.47 Å². The van der Waals surface area contributed by atoms with Gasteiger partial charge in [-0.25, -0.2) is 0 Å². The van der Waals surface area contributed by atoms with Gasteiger partial charge in [0.1, 0.15) is 0 Å². The molecule has 4 nitrogen and oxygen atoms in total. The molecule has 1 saturated heterocycles. The molecule has 0 aromatic heterocycles. The van der Waals surface area contributed by atoms with E-state index in [2.05, 4.69) is 0 Å². The van der Waals surface area contributed by atoms with Crippen molar-refractivity contribution in [2.24, 2.45) is 5.92 Å². The van der Waals surface area contributed by atoms with Gasteiger partial charge in [-0.15, -0.1) is 0 Å². The first-order valence-electron chi connectivity index (χ1n) is 7.45. The van der Waals surface area contributed by atoms with Crippen LogP contribution in [0.4, 0.5) is 0 Å². The van der Waals surface area contributed by atoms with Crippen LogP contribution in [0, 0.1) is 5.92 Å². The minimum absolute atomic E-state index is 0.506. The summed E-state index contributed by atoms with van der Waals surface area (Å²) < 4.78 is 16.6. The average molecular weight is 325 g/mol. The number of halogens is 1. The van der Waals surface area contributed by atoms with Crippen molar-refractivity contribution in [3.05, 3.63) is 29.8 Å². The zero-order valence-corrected chi connectivity index (χ0v) is 13.5. The third-order valence-electron chi connectivity index (χ3n) is 3.63. The number of hydrogen-bond acceptors (Lipinski definition) is 4. The second-order valence-corrected chi connectivity index (χ2v) is 5.64. The fourth-order valence-corrected chi connectivity index (χ4v) is 2.50. The number of hydrogen-bond donors (Lipinski definition) is 0. The Hall–Kier alpha value is -1.52. The highest BCUT2D eigenvalue weighted by Crippen LogP contribution is 2.29. The van der Waals surface area contributed by atoms with Gasteiger partial charge >= 0.3 is 0 Å². The molecule has 0 bridgehead atoms. The molecule has 1 aliphatic rings. The van der Waals surface area contributed by atoms with Crippen LogP contribution in [0.5, 0.6) is 11.5 Å². The second kappa shape index (κ2) is 8.81. The van der Waals surface area contributed by atoms with Crippen molar-refractivity contribution in [3.8, 4) is 11.5 Å². The Balaban J connectivity index is 1.90. The molecular weight excluding hydrogens is 304 g/mol. The number of rotatable bonds is 7. The number of ether oxygens (including phenoxy) is 3. The lowest BCUT2D eigenvalue weighted by Crippen LogP contribution is -2.19. The fourth-order valence-electron chi connectivity index (χ4n) is 2.44. The Labute approximate surface area is 136 Å². The first-order valence-corrected chi connectivity index (χ1v) is 7.83. The van der Waals surface area contributed by atoms with E-state index in [1.807, 2.05) is 18.2 Å². The lowest BCUT2D eigenvalue weighted by molar-refractivity contribution is -0.107. The Morgan fingerprint density at radius 3 is 3.00 bits per heavy atom. The van der Waals surface area contributed by atoms with Crippen molar-refractivity contribution in [2.45, 2.75) is 19.3 Å². The van der Waals surface area contributed by atoms with E-state index in [0.717, 1.165) is 31.6 Å². The van der Waals surface area contributed by atoms with Gasteiger partial charge in [-0.2, -0.15) is 0 Å². The monoisotopic (exact) mass is 324 g/mol. The van der Waals surface area contributed by atoms with Gasteiger partial charge in [0.25, 0.3) is 0 Å². The summed E-state index contributed by atoms with van der Waals surface area (Å²) in [4.78, 5) is 10.7. The van der Waals surface area contributed by atoms with E-state index in [4.69, 9.17) is 25.8 Å². The molecule has 0 N–H and O–H groups in total. The summed E-state index contributed by atoms with van der Waals surface area (Å²) in [5.41, 5.74) is 0.832. The summed E-state index contributed by atoms with van der Waals surface area (Å²) in [6.07, 6.45) is 6.26. The maximum Gasteiger partial charge on any atom is 0.245 e. The molecule has 1 aliphatic heterocycles. The predicted molar refractivity (Wildman–Crippen MR) is 86.5 cm³/mol. The van der Waals surface area contributed by atoms with Crippen molar-refractivity contribution < 1.29 is 19.0 Å². The highest BCUT2D eigenvalue weighted by atomic mass is 35.5. The zero-order valence-electron chi connectivity index (χ0n) is 12.7. The number of methoxy groups -OCH3 is 1. The van der Waals surface area contributed by atoms with Crippen LogP contribution in [0.25, 0.3) is 6.08 Å². The second-order valence-electron chi connectivity index (χ2n) is 5.27. The topological polar surface area (TPSA) is 44.8 Å². The van der Waals surface area contributed by atoms with E-state index >= 15 is 0 Å². The number of benzene rings is 1. The molecule has 120 valence electrons. The molecular formula is C17H21ClO4. The van der Waals surface area contributed by atoms with Crippen LogP contribution in [-0.4, -0.2) is 32.2 Å². The zero-order chi connectivity index (χ0) is 15.8. The highest BCUT2D eigenvalue weighted by Gasteiger charge is 2.14. The molecule has 1 aromatic carbocycles. The van der Waals surface area contributed by atoms with Crippen molar-refractivity contribution in [1.82, 2.24) is 0 Å². The largest absolute Gasteiger partial charge is 0.493 e. The third kappa shape index (κ3) is 5.35. The van der Waals surface area contributed by atoms with Gasteiger partial charge in [0.15, 0.2) is 11.5 Å². The standard InChI is InChI=1S/C17H21ClO4/c1-20-16-11-13(5-7-17(18)19)4-6-15(16)22-10-8-14-3-2-9-21-12-14/h4-7,11,14H,2-3,8-10,12H2,1H3/b7-5+. The van der Waals surface area contributed by atoms with Crippen LogP contribution in [0.1, 0.15) is 24.8 Å². The molecule has 0 amide bonds. The van der Waals surface area contributed by atoms with Crippen molar-refractivity contribution in [3.63, 3.8) is 0 Å². The molecule has 1 unspecified atom stereocenters. The Morgan fingerprint density at radius 1 is 1.45 bits per heavy atom. The third-order valence-corrected chi connectivity index (χ3v) is 3.76. The van der Waals surface area contributed by atoms with Gasteiger partial charge in [0, 0.05) is 13.2 Å². The fraction of sp³-hybridized carbons (Fsp3) is 0.471. The van der Waals surface area contributed by atoms with E-state index in [0.29, 0.717) is 24.0 Å². The highest BCUT2D eigenvalue weighted by molar-refractivity contribution is 6.66. The smallest absolute Gasteiger partial charge is 0.245 e. The normalized spacial score (nSPS) is 18.4. The summed E-state index contributed by atoms with van der Waals surface area (Å²) in [6, 6.07) is 5.52. The molecule has 0 radical (unpaired) electrons. The molecule has 1 heterocycles. The van der Waals surface area contributed by atoms with Crippen LogP contribution in [0.2, 0.25) is 0 Å². The Bertz CT molecular complexity index is 521. The van der Waals surface area contributed by atoms with E-state index in [9.17, 15) is 4.79 Å². The van der Waals surface area contributed by atoms with Crippen LogP contribution in [0.3, 0.4) is 0 Å². The molecule has 0 spiro atoms. The summed E-state index contributed by atoms with van der Waals surface area (Å²) in [5, 5.41) is -0.506. The molecule has 1 fully saturated rings. The Kier molecular flexibility index (Phi) is 6.74. The Morgan fingerprint density at radius 2 is 2.32 bits per heavy atom. The molecule has 1 aromatic rings. The predicted octanol–water partition coefficient (Wildman–Crippen LogP) is 3.67. The van der Waals surface area contributed by atoms with E-state index < -0.39 is 5.24 Å². The first-order chi connectivity index (χ1) is 10.7. The summed E-state index contributed by atoms with van der Waals surface area (Å²) >= 11 is 5.28. The van der Waals surface area contributed by atoms with Crippen LogP contribution in [0.15, 0.2) is 24.3 Å². The maximum atomic E-state index is 10.7. The quantitative estimate of drug-likeness (QED) is 0.567. The molecule has 5 heteroatoms. The van der Waals surface area contributed by atoms with Crippen LogP contribution >= 0.6 is 11.6 Å². The van der Waals surface area contributed by atoms with Crippen molar-refractivity contribution in [2.75, 3.05) is 26.9 Å². The van der Waals surface area contributed by atoms with E-state index in [1.54, 1.807) is 13.2 Å². The van der Waals surface area contributed by atoms with Gasteiger partial charge in [-0.1, -0.05) is 12.1 Å². The number of allylic oxidation sites excluding steroid dienone is 1. The minimum Gasteiger partial charge on any atom is -0.493 e. The molecule has 22 heavy (non-hydrogen) atoms.